The summed E-state index contributed by atoms with van der Waals surface area (Å²) < 4.78 is 0. The monoisotopic (exact) mass is 496 g/mol. The van der Waals surface area contributed by atoms with E-state index in [-0.39, 0.29) is 32.2 Å². The normalized spacial score (nSPS) is 17.7. The molecule has 0 spiro atoms. The Labute approximate surface area is 199 Å². The van der Waals surface area contributed by atoms with Crippen LogP contribution in [0, 0.1) is 0 Å². The fraction of sp³-hybridized carbons (Fsp3) is 0.550. The number of aliphatic carboxylic acids is 3. The minimum Gasteiger partial charge on any atom is -0.481 e. The van der Waals surface area contributed by atoms with Crippen LogP contribution in [0.4, 0.5) is 0 Å². The number of nitrogens with zero attached hydrogens (tertiary/aromatic N) is 2. The number of H-pyrrole nitrogens is 1. The average molecular weight is 496 g/mol. The number of aromatic amines is 1. The van der Waals surface area contributed by atoms with E-state index in [4.69, 9.17) is 10.8 Å². The first kappa shape index (κ1) is 27.2. The molecule has 0 saturated carbocycles. The summed E-state index contributed by atoms with van der Waals surface area (Å²) in [5.74, 6) is -6.38. The minimum absolute atomic E-state index is 0.129. The highest BCUT2D eigenvalue weighted by atomic mass is 16.4. The van der Waals surface area contributed by atoms with Gasteiger partial charge in [0.1, 0.15) is 18.1 Å². The fourth-order valence-electron chi connectivity index (χ4n) is 3.66. The van der Waals surface area contributed by atoms with Crippen LogP contribution < -0.4 is 16.4 Å². The van der Waals surface area contributed by atoms with E-state index in [2.05, 4.69) is 20.6 Å². The summed E-state index contributed by atoms with van der Waals surface area (Å²) in [7, 11) is 0. The van der Waals surface area contributed by atoms with E-state index in [0.717, 1.165) is 0 Å². The third-order valence-corrected chi connectivity index (χ3v) is 5.43. The lowest BCUT2D eigenvalue weighted by molar-refractivity contribution is -0.145. The van der Waals surface area contributed by atoms with E-state index >= 15 is 0 Å². The molecule has 4 unspecified atom stereocenters. The smallest absolute Gasteiger partial charge is 0.326 e. The Bertz CT molecular complexity index is 951. The van der Waals surface area contributed by atoms with Crippen LogP contribution in [0.2, 0.25) is 0 Å². The molecule has 1 aromatic rings. The van der Waals surface area contributed by atoms with Crippen molar-refractivity contribution in [3.05, 3.63) is 18.2 Å². The van der Waals surface area contributed by atoms with Gasteiger partial charge in [-0.25, -0.2) is 9.78 Å². The van der Waals surface area contributed by atoms with Crippen LogP contribution in [0.3, 0.4) is 0 Å². The zero-order valence-electron chi connectivity index (χ0n) is 18.7. The zero-order valence-corrected chi connectivity index (χ0v) is 18.7. The van der Waals surface area contributed by atoms with Gasteiger partial charge in [0.15, 0.2) is 0 Å². The van der Waals surface area contributed by atoms with Crippen molar-refractivity contribution in [2.75, 3.05) is 6.54 Å². The first-order chi connectivity index (χ1) is 16.5. The lowest BCUT2D eigenvalue weighted by atomic mass is 10.1. The van der Waals surface area contributed by atoms with Gasteiger partial charge in [0.25, 0.3) is 0 Å². The van der Waals surface area contributed by atoms with Crippen LogP contribution in [-0.4, -0.2) is 96.5 Å². The minimum atomic E-state index is -1.61. The topological polar surface area (TPSA) is 245 Å². The van der Waals surface area contributed by atoms with Gasteiger partial charge in [0.2, 0.25) is 17.7 Å². The van der Waals surface area contributed by atoms with E-state index < -0.39 is 66.2 Å². The number of carboxylic acid groups (broad SMARTS) is 3. The molecule has 15 nitrogen and oxygen atoms in total. The fourth-order valence-corrected chi connectivity index (χ4v) is 3.66. The lowest BCUT2D eigenvalue weighted by Gasteiger charge is -2.28. The lowest BCUT2D eigenvalue weighted by Crippen LogP contribution is -2.57. The van der Waals surface area contributed by atoms with Gasteiger partial charge in [-0.3, -0.25) is 24.0 Å². The highest BCUT2D eigenvalue weighted by Crippen LogP contribution is 2.19. The SMILES string of the molecule is NC(CCC(=O)O)C(=O)N1CCCC1C(=O)NC(CC(=O)O)C(=O)NC(Cc1cnc[nH]1)C(=O)O. The van der Waals surface area contributed by atoms with Crippen molar-refractivity contribution in [2.45, 2.75) is 62.7 Å². The quantitative estimate of drug-likeness (QED) is 0.152. The van der Waals surface area contributed by atoms with Crippen molar-refractivity contribution in [3.63, 3.8) is 0 Å². The van der Waals surface area contributed by atoms with Gasteiger partial charge in [-0.15, -0.1) is 0 Å². The number of hydrogen-bond acceptors (Lipinski definition) is 8. The van der Waals surface area contributed by atoms with E-state index in [0.29, 0.717) is 12.1 Å². The molecule has 2 heterocycles. The Morgan fingerprint density at radius 3 is 2.40 bits per heavy atom. The van der Waals surface area contributed by atoms with Crippen LogP contribution in [0.15, 0.2) is 12.5 Å². The Morgan fingerprint density at radius 2 is 1.83 bits per heavy atom. The molecule has 0 aliphatic carbocycles. The standard InChI is InChI=1S/C20H28N6O9/c21-11(3-4-15(27)28)19(33)26-5-1-2-14(26)18(32)24-12(7-16(29)30)17(31)25-13(20(34)35)6-10-8-22-9-23-10/h8-9,11-14H,1-7,21H2,(H,22,23)(H,24,32)(H,25,31)(H,27,28)(H,29,30)(H,34,35). The Morgan fingerprint density at radius 1 is 1.11 bits per heavy atom. The van der Waals surface area contributed by atoms with Gasteiger partial charge in [-0.05, 0) is 19.3 Å². The largest absolute Gasteiger partial charge is 0.481 e. The maximum atomic E-state index is 12.9. The first-order valence-corrected chi connectivity index (χ1v) is 10.8. The molecule has 0 aromatic carbocycles. The summed E-state index contributed by atoms with van der Waals surface area (Å²) in [6, 6.07) is -5.21. The molecule has 3 amide bonds. The molecule has 0 radical (unpaired) electrons. The summed E-state index contributed by atoms with van der Waals surface area (Å²) in [4.78, 5) is 79.4. The van der Waals surface area contributed by atoms with Crippen molar-refractivity contribution in [3.8, 4) is 0 Å². The number of carbonyl (C=O) groups excluding carboxylic acids is 3. The molecule has 1 fully saturated rings. The van der Waals surface area contributed by atoms with Crippen molar-refractivity contribution in [1.29, 1.82) is 0 Å². The number of likely N-dealkylation sites (tertiary alicyclic amines) is 1. The maximum Gasteiger partial charge on any atom is 0.326 e. The average Bonchev–Trinajstić information content (AvgIpc) is 3.47. The van der Waals surface area contributed by atoms with Gasteiger partial charge in [0, 0.05) is 31.3 Å². The summed E-state index contributed by atoms with van der Waals surface area (Å²) >= 11 is 0. The molecule has 192 valence electrons. The number of carbonyl (C=O) groups is 6. The predicted molar refractivity (Wildman–Crippen MR) is 116 cm³/mol. The molecule has 35 heavy (non-hydrogen) atoms. The van der Waals surface area contributed by atoms with E-state index in [1.165, 1.54) is 17.4 Å². The molecular weight excluding hydrogens is 468 g/mol. The van der Waals surface area contributed by atoms with Crippen LogP contribution in [0.25, 0.3) is 0 Å². The molecule has 15 heteroatoms. The second-order valence-electron chi connectivity index (χ2n) is 8.07. The third-order valence-electron chi connectivity index (χ3n) is 5.43. The van der Waals surface area contributed by atoms with Crippen molar-refractivity contribution >= 4 is 35.6 Å². The van der Waals surface area contributed by atoms with E-state index in [1.807, 2.05) is 0 Å². The van der Waals surface area contributed by atoms with Crippen LogP contribution in [0.5, 0.6) is 0 Å². The molecule has 1 aliphatic heterocycles. The summed E-state index contributed by atoms with van der Waals surface area (Å²) in [5, 5.41) is 31.9. The van der Waals surface area contributed by atoms with Gasteiger partial charge >= 0.3 is 17.9 Å². The second-order valence-corrected chi connectivity index (χ2v) is 8.07. The Hall–Kier alpha value is -4.01. The number of amides is 3. The highest BCUT2D eigenvalue weighted by Gasteiger charge is 2.38. The number of aromatic nitrogens is 2. The van der Waals surface area contributed by atoms with Crippen LogP contribution >= 0.6 is 0 Å². The van der Waals surface area contributed by atoms with E-state index in [1.54, 1.807) is 0 Å². The Kier molecular flexibility index (Phi) is 9.69. The number of hydrogen-bond donors (Lipinski definition) is 7. The van der Waals surface area contributed by atoms with Crippen LogP contribution in [0.1, 0.15) is 37.8 Å². The van der Waals surface area contributed by atoms with Gasteiger partial charge in [0.05, 0.1) is 18.8 Å². The second kappa shape index (κ2) is 12.5. The number of nitrogens with one attached hydrogen (secondary N) is 3. The first-order valence-electron chi connectivity index (χ1n) is 10.8. The van der Waals surface area contributed by atoms with Gasteiger partial charge in [-0.2, -0.15) is 0 Å². The van der Waals surface area contributed by atoms with Gasteiger partial charge in [-0.1, -0.05) is 0 Å². The van der Waals surface area contributed by atoms with Crippen molar-refractivity contribution in [1.82, 2.24) is 25.5 Å². The number of rotatable bonds is 13. The van der Waals surface area contributed by atoms with E-state index in [9.17, 15) is 39.0 Å². The number of nitrogens with two attached hydrogens (primary N) is 1. The molecule has 0 bridgehead atoms. The Balaban J connectivity index is 2.08. The summed E-state index contributed by atoms with van der Waals surface area (Å²) in [6.07, 6.45) is 1.91. The molecule has 4 atom stereocenters. The van der Waals surface area contributed by atoms with Gasteiger partial charge < -0.3 is 41.6 Å². The molecule has 2 rings (SSSR count). The maximum absolute atomic E-state index is 12.9. The molecule has 1 aliphatic rings. The number of carboxylic acids is 3. The molecule has 1 aromatic heterocycles. The summed E-state index contributed by atoms with van der Waals surface area (Å²) in [5.41, 5.74) is 6.18. The summed E-state index contributed by atoms with van der Waals surface area (Å²) in [6.45, 7) is 0.179. The van der Waals surface area contributed by atoms with Crippen molar-refractivity contribution in [2.24, 2.45) is 5.73 Å². The molecule has 1 saturated heterocycles. The third kappa shape index (κ3) is 8.06. The highest BCUT2D eigenvalue weighted by molar-refractivity contribution is 5.96. The number of imidazole rings is 1. The van der Waals surface area contributed by atoms with Crippen LogP contribution in [-0.2, 0) is 35.2 Å². The predicted octanol–water partition coefficient (Wildman–Crippen LogP) is -2.34. The zero-order chi connectivity index (χ0) is 26.1. The molecular formula is C20H28N6O9. The van der Waals surface area contributed by atoms with Crippen molar-refractivity contribution < 1.29 is 44.1 Å². The molecule has 8 N–H and O–H groups in total.